The summed E-state index contributed by atoms with van der Waals surface area (Å²) in [5, 5.41) is 13.1. The Morgan fingerprint density at radius 3 is 2.36 bits per heavy atom. The zero-order chi connectivity index (χ0) is 24.4. The monoisotopic (exact) mass is 470 g/mol. The SMILES string of the molecule is CCOc1ccccc1OCCCC(=O)OCC(=O)Nc1ccc(C(F)(F)F)cc1[N+](=O)[O-]. The molecule has 1 amide bonds. The molecule has 0 saturated heterocycles. The number of para-hydroxylation sites is 2. The fourth-order valence-electron chi connectivity index (χ4n) is 2.61. The normalized spacial score (nSPS) is 10.9. The van der Waals surface area contributed by atoms with Crippen LogP contribution in [0.1, 0.15) is 25.3 Å². The first kappa shape index (κ1) is 25.4. The standard InChI is InChI=1S/C21H21F3N2O7/c1-2-31-17-6-3-4-7-18(17)32-11-5-8-20(28)33-13-19(27)25-15-10-9-14(21(22,23)24)12-16(15)26(29)30/h3-4,6-7,9-10,12H,2,5,8,11,13H2,1H3,(H,25,27). The van der Waals surface area contributed by atoms with Gasteiger partial charge < -0.3 is 19.5 Å². The van der Waals surface area contributed by atoms with Crippen molar-refractivity contribution in [2.75, 3.05) is 25.1 Å². The summed E-state index contributed by atoms with van der Waals surface area (Å²) in [6.07, 6.45) is -4.56. The zero-order valence-corrected chi connectivity index (χ0v) is 17.5. The number of nitro groups is 1. The quantitative estimate of drug-likeness (QED) is 0.225. The van der Waals surface area contributed by atoms with Gasteiger partial charge in [0.15, 0.2) is 18.1 Å². The third-order valence-electron chi connectivity index (χ3n) is 4.09. The Balaban J connectivity index is 1.79. The molecule has 12 heteroatoms. The maximum Gasteiger partial charge on any atom is 0.416 e. The lowest BCUT2D eigenvalue weighted by atomic mass is 10.1. The van der Waals surface area contributed by atoms with E-state index in [0.717, 1.165) is 6.07 Å². The number of halogens is 3. The number of carbonyl (C=O) groups is 2. The Morgan fingerprint density at radius 1 is 1.09 bits per heavy atom. The Labute approximate surface area is 186 Å². The maximum atomic E-state index is 12.7. The first-order chi connectivity index (χ1) is 15.6. The molecule has 178 valence electrons. The fraction of sp³-hybridized carbons (Fsp3) is 0.333. The van der Waals surface area contributed by atoms with Crippen molar-refractivity contribution >= 4 is 23.3 Å². The number of hydrogen-bond donors (Lipinski definition) is 1. The van der Waals surface area contributed by atoms with Gasteiger partial charge in [-0.3, -0.25) is 19.7 Å². The summed E-state index contributed by atoms with van der Waals surface area (Å²) in [5.41, 5.74) is -2.62. The Bertz CT molecular complexity index is 996. The van der Waals surface area contributed by atoms with Gasteiger partial charge >= 0.3 is 12.1 Å². The average molecular weight is 470 g/mol. The van der Waals surface area contributed by atoms with Crippen molar-refractivity contribution in [2.24, 2.45) is 0 Å². The first-order valence-electron chi connectivity index (χ1n) is 9.77. The molecule has 2 aromatic carbocycles. The second-order valence-electron chi connectivity index (χ2n) is 6.53. The molecule has 0 bridgehead atoms. The van der Waals surface area contributed by atoms with Crippen molar-refractivity contribution in [3.63, 3.8) is 0 Å². The van der Waals surface area contributed by atoms with Crippen molar-refractivity contribution in [1.82, 2.24) is 0 Å². The van der Waals surface area contributed by atoms with Gasteiger partial charge in [0.05, 0.1) is 23.7 Å². The van der Waals surface area contributed by atoms with Gasteiger partial charge in [-0.1, -0.05) is 12.1 Å². The number of benzene rings is 2. The molecule has 0 aliphatic carbocycles. The van der Waals surface area contributed by atoms with Crippen LogP contribution in [0.25, 0.3) is 0 Å². The van der Waals surface area contributed by atoms with E-state index >= 15 is 0 Å². The van der Waals surface area contributed by atoms with Gasteiger partial charge in [-0.2, -0.15) is 13.2 Å². The smallest absolute Gasteiger partial charge is 0.416 e. The predicted molar refractivity (Wildman–Crippen MR) is 110 cm³/mol. The van der Waals surface area contributed by atoms with E-state index in [1.165, 1.54) is 0 Å². The van der Waals surface area contributed by atoms with Crippen molar-refractivity contribution < 1.29 is 41.9 Å². The van der Waals surface area contributed by atoms with Gasteiger partial charge in [-0.25, -0.2) is 0 Å². The Hall–Kier alpha value is -3.83. The van der Waals surface area contributed by atoms with E-state index in [1.807, 2.05) is 6.92 Å². The highest BCUT2D eigenvalue weighted by atomic mass is 19.4. The highest BCUT2D eigenvalue weighted by Gasteiger charge is 2.33. The van der Waals surface area contributed by atoms with Gasteiger partial charge in [0, 0.05) is 12.5 Å². The molecular formula is C21H21F3N2O7. The number of amides is 1. The van der Waals surface area contributed by atoms with Crippen molar-refractivity contribution in [2.45, 2.75) is 25.9 Å². The van der Waals surface area contributed by atoms with Crippen LogP contribution in [-0.4, -0.2) is 36.6 Å². The molecule has 0 spiro atoms. The number of nitrogens with one attached hydrogen (secondary N) is 1. The number of nitro benzene ring substituents is 1. The van der Waals surface area contributed by atoms with Gasteiger partial charge in [0.25, 0.3) is 11.6 Å². The minimum absolute atomic E-state index is 0.0650. The summed E-state index contributed by atoms with van der Waals surface area (Å²) in [6, 6.07) is 8.69. The zero-order valence-electron chi connectivity index (χ0n) is 17.5. The number of nitrogens with zero attached hydrogens (tertiary/aromatic N) is 1. The Morgan fingerprint density at radius 2 is 1.76 bits per heavy atom. The molecule has 0 atom stereocenters. The molecule has 9 nitrogen and oxygen atoms in total. The van der Waals surface area contributed by atoms with E-state index < -0.39 is 46.5 Å². The first-order valence-corrected chi connectivity index (χ1v) is 9.77. The summed E-state index contributed by atoms with van der Waals surface area (Å²) in [5.74, 6) is -0.566. The minimum Gasteiger partial charge on any atom is -0.490 e. The minimum atomic E-state index is -4.78. The van der Waals surface area contributed by atoms with Crippen LogP contribution in [-0.2, 0) is 20.5 Å². The van der Waals surface area contributed by atoms with Crippen LogP contribution in [0.15, 0.2) is 42.5 Å². The van der Waals surface area contributed by atoms with E-state index in [1.54, 1.807) is 24.3 Å². The molecule has 2 rings (SSSR count). The average Bonchev–Trinajstić information content (AvgIpc) is 2.76. The summed E-state index contributed by atoms with van der Waals surface area (Å²) < 4.78 is 54.0. The molecule has 1 N–H and O–H groups in total. The predicted octanol–water partition coefficient (Wildman–Crippen LogP) is 4.35. The van der Waals surface area contributed by atoms with Crippen LogP contribution in [0.2, 0.25) is 0 Å². The topological polar surface area (TPSA) is 117 Å². The lowest BCUT2D eigenvalue weighted by Gasteiger charge is -2.11. The number of esters is 1. The number of ether oxygens (including phenoxy) is 3. The lowest BCUT2D eigenvalue weighted by molar-refractivity contribution is -0.384. The maximum absolute atomic E-state index is 12.7. The van der Waals surface area contributed by atoms with Gasteiger partial charge in [0.1, 0.15) is 5.69 Å². The molecule has 0 aliphatic heterocycles. The largest absolute Gasteiger partial charge is 0.490 e. The van der Waals surface area contributed by atoms with Crippen LogP contribution in [0.5, 0.6) is 11.5 Å². The highest BCUT2D eigenvalue weighted by Crippen LogP contribution is 2.35. The molecule has 0 saturated carbocycles. The van der Waals surface area contributed by atoms with Crippen molar-refractivity contribution in [1.29, 1.82) is 0 Å². The van der Waals surface area contributed by atoms with Gasteiger partial charge in [0.2, 0.25) is 0 Å². The number of alkyl halides is 3. The number of hydrogen-bond acceptors (Lipinski definition) is 7. The Kier molecular flexibility index (Phi) is 9.01. The van der Waals surface area contributed by atoms with Crippen LogP contribution >= 0.6 is 0 Å². The number of rotatable bonds is 11. The lowest BCUT2D eigenvalue weighted by Crippen LogP contribution is -2.21. The summed E-state index contributed by atoms with van der Waals surface area (Å²) in [7, 11) is 0. The molecule has 0 unspecified atom stereocenters. The number of anilines is 1. The van der Waals surface area contributed by atoms with Crippen LogP contribution in [0.4, 0.5) is 24.5 Å². The fourth-order valence-corrected chi connectivity index (χ4v) is 2.61. The highest BCUT2D eigenvalue weighted by molar-refractivity contribution is 5.94. The molecule has 0 aliphatic rings. The molecule has 0 fully saturated rings. The third kappa shape index (κ3) is 7.98. The van der Waals surface area contributed by atoms with Crippen LogP contribution < -0.4 is 14.8 Å². The van der Waals surface area contributed by atoms with E-state index in [9.17, 15) is 32.9 Å². The second kappa shape index (κ2) is 11.7. The number of carbonyl (C=O) groups excluding carboxylic acids is 2. The van der Waals surface area contributed by atoms with Crippen molar-refractivity contribution in [3.8, 4) is 11.5 Å². The second-order valence-corrected chi connectivity index (χ2v) is 6.53. The summed E-state index contributed by atoms with van der Waals surface area (Å²) in [6.45, 7) is 1.72. The van der Waals surface area contributed by atoms with Gasteiger partial charge in [-0.05, 0) is 37.6 Å². The van der Waals surface area contributed by atoms with Gasteiger partial charge in [-0.15, -0.1) is 0 Å². The van der Waals surface area contributed by atoms with E-state index in [4.69, 9.17) is 14.2 Å². The third-order valence-corrected chi connectivity index (χ3v) is 4.09. The van der Waals surface area contributed by atoms with Crippen LogP contribution in [0.3, 0.4) is 0 Å². The van der Waals surface area contributed by atoms with Crippen LogP contribution in [0, 0.1) is 10.1 Å². The molecule has 0 radical (unpaired) electrons. The summed E-state index contributed by atoms with van der Waals surface area (Å²) in [4.78, 5) is 33.7. The van der Waals surface area contributed by atoms with Crippen molar-refractivity contribution in [3.05, 3.63) is 58.1 Å². The molecule has 33 heavy (non-hydrogen) atoms. The molecule has 2 aromatic rings. The summed E-state index contributed by atoms with van der Waals surface area (Å²) >= 11 is 0. The van der Waals surface area contributed by atoms with E-state index in [2.05, 4.69) is 5.32 Å². The molecule has 0 aromatic heterocycles. The van der Waals surface area contributed by atoms with E-state index in [0.29, 0.717) is 30.2 Å². The molecule has 0 heterocycles. The molecular weight excluding hydrogens is 449 g/mol. The van der Waals surface area contributed by atoms with E-state index in [-0.39, 0.29) is 19.4 Å².